The summed E-state index contributed by atoms with van der Waals surface area (Å²) >= 11 is 5.79. The number of halogens is 1. The zero-order valence-electron chi connectivity index (χ0n) is 11.9. The van der Waals surface area contributed by atoms with E-state index in [1.54, 1.807) is 60.7 Å². The van der Waals surface area contributed by atoms with Crippen molar-refractivity contribution in [2.45, 2.75) is 0 Å². The van der Waals surface area contributed by atoms with Gasteiger partial charge in [-0.05, 0) is 48.5 Å². The van der Waals surface area contributed by atoms with Gasteiger partial charge in [-0.15, -0.1) is 0 Å². The van der Waals surface area contributed by atoms with Gasteiger partial charge in [0.15, 0.2) is 0 Å². The van der Waals surface area contributed by atoms with Crippen molar-refractivity contribution in [3.05, 3.63) is 70.9 Å². The lowest BCUT2D eigenvalue weighted by Gasteiger charge is -2.06. The fourth-order valence-electron chi connectivity index (χ4n) is 1.70. The fraction of sp³-hybridized carbons (Fsp3) is 0. The lowest BCUT2D eigenvalue weighted by molar-refractivity contribution is 0.102. The van der Waals surface area contributed by atoms with Gasteiger partial charge in [-0.1, -0.05) is 11.6 Å². The van der Waals surface area contributed by atoms with Gasteiger partial charge in [0.2, 0.25) is 0 Å². The van der Waals surface area contributed by atoms with Crippen molar-refractivity contribution < 1.29 is 4.79 Å². The molecule has 0 saturated carbocycles. The monoisotopic (exact) mass is 322 g/mol. The van der Waals surface area contributed by atoms with E-state index in [1.807, 2.05) is 0 Å². The molecular weight excluding hydrogens is 312 g/mol. The Hall–Kier alpha value is -3.28. The average molecular weight is 323 g/mol. The molecule has 1 amide bonds. The number of carbonyl (C=O) groups is 1. The zero-order valence-corrected chi connectivity index (χ0v) is 12.6. The minimum absolute atomic E-state index is 0.0328. The lowest BCUT2D eigenvalue weighted by Crippen LogP contribution is -2.11. The SMILES string of the molecule is N#CC(C#N)=CNc1ccc(C(=O)Nc2ccc(Cl)cc2)cc1. The molecule has 2 aromatic carbocycles. The standard InChI is InChI=1S/C17H11ClN4O/c18-14-3-7-16(8-4-14)22-17(23)13-1-5-15(6-2-13)21-11-12(9-19)10-20/h1-8,11,21H,(H,22,23). The summed E-state index contributed by atoms with van der Waals surface area (Å²) in [6, 6.07) is 16.9. The van der Waals surface area contributed by atoms with Crippen LogP contribution in [0.15, 0.2) is 60.3 Å². The molecule has 0 fully saturated rings. The number of nitrogens with one attached hydrogen (secondary N) is 2. The number of rotatable bonds is 4. The van der Waals surface area contributed by atoms with E-state index in [0.717, 1.165) is 0 Å². The molecule has 0 bridgehead atoms. The van der Waals surface area contributed by atoms with Gasteiger partial charge in [0, 0.05) is 28.2 Å². The maximum atomic E-state index is 12.1. The van der Waals surface area contributed by atoms with E-state index in [-0.39, 0.29) is 11.5 Å². The van der Waals surface area contributed by atoms with Crippen LogP contribution in [0, 0.1) is 22.7 Å². The smallest absolute Gasteiger partial charge is 0.255 e. The highest BCUT2D eigenvalue weighted by Crippen LogP contribution is 2.15. The first-order valence-electron chi connectivity index (χ1n) is 6.56. The van der Waals surface area contributed by atoms with Crippen LogP contribution in [0.5, 0.6) is 0 Å². The molecular formula is C17H11ClN4O. The number of hydrogen-bond donors (Lipinski definition) is 2. The second-order valence-corrected chi connectivity index (χ2v) is 4.90. The third kappa shape index (κ3) is 4.60. The van der Waals surface area contributed by atoms with Gasteiger partial charge in [0.1, 0.15) is 17.7 Å². The van der Waals surface area contributed by atoms with E-state index < -0.39 is 0 Å². The first-order chi connectivity index (χ1) is 11.1. The Kier molecular flexibility index (Phi) is 5.35. The van der Waals surface area contributed by atoms with Crippen LogP contribution in [-0.4, -0.2) is 5.91 Å². The largest absolute Gasteiger partial charge is 0.360 e. The van der Waals surface area contributed by atoms with Crippen molar-refractivity contribution in [2.75, 3.05) is 10.6 Å². The van der Waals surface area contributed by atoms with Crippen LogP contribution in [0.1, 0.15) is 10.4 Å². The first-order valence-corrected chi connectivity index (χ1v) is 6.94. The molecule has 0 atom stereocenters. The van der Waals surface area contributed by atoms with Crippen molar-refractivity contribution in [3.63, 3.8) is 0 Å². The minimum Gasteiger partial charge on any atom is -0.360 e. The van der Waals surface area contributed by atoms with Gasteiger partial charge in [-0.3, -0.25) is 4.79 Å². The van der Waals surface area contributed by atoms with Gasteiger partial charge in [0.25, 0.3) is 5.91 Å². The molecule has 6 heteroatoms. The Morgan fingerprint density at radius 1 is 0.957 bits per heavy atom. The summed E-state index contributed by atoms with van der Waals surface area (Å²) in [4.78, 5) is 12.1. The van der Waals surface area contributed by atoms with Crippen LogP contribution in [0.25, 0.3) is 0 Å². The van der Waals surface area contributed by atoms with Crippen molar-refractivity contribution in [1.29, 1.82) is 10.5 Å². The summed E-state index contributed by atoms with van der Waals surface area (Å²) < 4.78 is 0. The van der Waals surface area contributed by atoms with Gasteiger partial charge in [-0.25, -0.2) is 0 Å². The normalized spacial score (nSPS) is 9.17. The number of nitrogens with zero attached hydrogens (tertiary/aromatic N) is 2. The molecule has 0 saturated heterocycles. The number of hydrogen-bond acceptors (Lipinski definition) is 4. The highest BCUT2D eigenvalue weighted by Gasteiger charge is 2.05. The third-order valence-corrected chi connectivity index (χ3v) is 3.13. The number of nitriles is 2. The molecule has 0 aromatic heterocycles. The summed E-state index contributed by atoms with van der Waals surface area (Å²) in [5, 5.41) is 23.4. The molecule has 0 radical (unpaired) electrons. The van der Waals surface area contributed by atoms with Crippen LogP contribution in [-0.2, 0) is 0 Å². The van der Waals surface area contributed by atoms with Crippen LogP contribution in [0.4, 0.5) is 11.4 Å². The molecule has 23 heavy (non-hydrogen) atoms. The molecule has 112 valence electrons. The highest BCUT2D eigenvalue weighted by atomic mass is 35.5. The van der Waals surface area contributed by atoms with E-state index in [2.05, 4.69) is 10.6 Å². The summed E-state index contributed by atoms with van der Waals surface area (Å²) in [5.74, 6) is -0.246. The number of amides is 1. The average Bonchev–Trinajstić information content (AvgIpc) is 2.58. The minimum atomic E-state index is -0.246. The molecule has 5 nitrogen and oxygen atoms in total. The predicted molar refractivity (Wildman–Crippen MR) is 88.8 cm³/mol. The van der Waals surface area contributed by atoms with Crippen molar-refractivity contribution in [2.24, 2.45) is 0 Å². The van der Waals surface area contributed by atoms with E-state index in [0.29, 0.717) is 22.0 Å². The Morgan fingerprint density at radius 2 is 1.52 bits per heavy atom. The maximum Gasteiger partial charge on any atom is 0.255 e. The van der Waals surface area contributed by atoms with E-state index in [9.17, 15) is 4.79 Å². The maximum absolute atomic E-state index is 12.1. The number of carbonyl (C=O) groups excluding carboxylic acids is 1. The van der Waals surface area contributed by atoms with Crippen molar-refractivity contribution in [3.8, 4) is 12.1 Å². The Morgan fingerprint density at radius 3 is 2.09 bits per heavy atom. The summed E-state index contributed by atoms with van der Waals surface area (Å²) in [6.07, 6.45) is 1.31. The van der Waals surface area contributed by atoms with Crippen molar-refractivity contribution in [1.82, 2.24) is 0 Å². The predicted octanol–water partition coefficient (Wildman–Crippen LogP) is 3.94. The molecule has 0 spiro atoms. The van der Waals surface area contributed by atoms with Gasteiger partial charge in [-0.2, -0.15) is 10.5 Å². The van der Waals surface area contributed by atoms with Gasteiger partial charge >= 0.3 is 0 Å². The Balaban J connectivity index is 2.03. The first kappa shape index (κ1) is 16.1. The van der Waals surface area contributed by atoms with E-state index in [4.69, 9.17) is 22.1 Å². The van der Waals surface area contributed by atoms with Crippen LogP contribution in [0.3, 0.4) is 0 Å². The van der Waals surface area contributed by atoms with Crippen molar-refractivity contribution >= 4 is 28.9 Å². The summed E-state index contributed by atoms with van der Waals surface area (Å²) in [5.41, 5.74) is 1.76. The second kappa shape index (κ2) is 7.65. The molecule has 0 heterocycles. The highest BCUT2D eigenvalue weighted by molar-refractivity contribution is 6.30. The summed E-state index contributed by atoms with van der Waals surface area (Å²) in [6.45, 7) is 0. The molecule has 0 aliphatic heterocycles. The molecule has 0 aliphatic carbocycles. The molecule has 2 aromatic rings. The number of benzene rings is 2. The van der Waals surface area contributed by atoms with E-state index in [1.165, 1.54) is 6.20 Å². The van der Waals surface area contributed by atoms with Gasteiger partial charge in [0.05, 0.1) is 0 Å². The van der Waals surface area contributed by atoms with Crippen LogP contribution < -0.4 is 10.6 Å². The molecule has 0 aliphatic rings. The van der Waals surface area contributed by atoms with Gasteiger partial charge < -0.3 is 10.6 Å². The molecule has 0 unspecified atom stereocenters. The van der Waals surface area contributed by atoms with Crippen LogP contribution in [0.2, 0.25) is 5.02 Å². The second-order valence-electron chi connectivity index (χ2n) is 4.46. The molecule has 2 rings (SSSR count). The fourth-order valence-corrected chi connectivity index (χ4v) is 1.83. The summed E-state index contributed by atoms with van der Waals surface area (Å²) in [7, 11) is 0. The lowest BCUT2D eigenvalue weighted by atomic mass is 10.2. The number of anilines is 2. The third-order valence-electron chi connectivity index (χ3n) is 2.87. The number of allylic oxidation sites excluding steroid dienone is 1. The quantitative estimate of drug-likeness (QED) is 0.834. The molecule has 2 N–H and O–H groups in total. The van der Waals surface area contributed by atoms with E-state index >= 15 is 0 Å². The zero-order chi connectivity index (χ0) is 16.7. The van der Waals surface area contributed by atoms with Crippen LogP contribution >= 0.6 is 11.6 Å². The topological polar surface area (TPSA) is 88.7 Å². The Bertz CT molecular complexity index is 796. The Labute approximate surface area is 138 Å².